The molecule has 0 saturated carbocycles. The predicted octanol–water partition coefficient (Wildman–Crippen LogP) is 5.61. The third kappa shape index (κ3) is 6.26. The molecule has 0 bridgehead atoms. The van der Waals surface area contributed by atoms with E-state index in [1.165, 1.54) is 37.7 Å². The van der Waals surface area contributed by atoms with Gasteiger partial charge in [-0.3, -0.25) is 0 Å². The normalized spacial score (nSPS) is 23.8. The Morgan fingerprint density at radius 2 is 2.05 bits per heavy atom. The Morgan fingerprint density at radius 3 is 2.65 bits per heavy atom. The lowest BCUT2D eigenvalue weighted by Gasteiger charge is -2.27. The van der Waals surface area contributed by atoms with E-state index in [2.05, 4.69) is 46.8 Å². The minimum absolute atomic E-state index is 0.00768. The Hall–Kier alpha value is -0.560. The standard InChI is InChI=1S/C19H35N/c1-6-15(2)8-7-12-19(5,20)13-11-18-10-9-16(3)17(4)14-18/h9-10,15,17H,6-8,11-14,20H2,1-5H3. The average Bonchev–Trinajstić information content (AvgIpc) is 2.40. The molecule has 0 aliphatic heterocycles. The summed E-state index contributed by atoms with van der Waals surface area (Å²) in [7, 11) is 0. The number of allylic oxidation sites excluding steroid dienone is 4. The van der Waals surface area contributed by atoms with Gasteiger partial charge in [-0.25, -0.2) is 0 Å². The van der Waals surface area contributed by atoms with Gasteiger partial charge in [0.25, 0.3) is 0 Å². The van der Waals surface area contributed by atoms with Gasteiger partial charge in [-0.15, -0.1) is 0 Å². The third-order valence-corrected chi connectivity index (χ3v) is 5.09. The molecule has 0 radical (unpaired) electrons. The van der Waals surface area contributed by atoms with Crippen LogP contribution in [0.25, 0.3) is 0 Å². The third-order valence-electron chi connectivity index (χ3n) is 5.09. The molecule has 2 N–H and O–H groups in total. The van der Waals surface area contributed by atoms with Crippen LogP contribution in [-0.4, -0.2) is 5.54 Å². The van der Waals surface area contributed by atoms with Gasteiger partial charge >= 0.3 is 0 Å². The van der Waals surface area contributed by atoms with Gasteiger partial charge in [0.2, 0.25) is 0 Å². The van der Waals surface area contributed by atoms with E-state index in [1.807, 2.05) is 0 Å². The zero-order valence-corrected chi connectivity index (χ0v) is 14.3. The maximum Gasteiger partial charge on any atom is 0.0128 e. The summed E-state index contributed by atoms with van der Waals surface area (Å²) in [5.74, 6) is 1.56. The Morgan fingerprint density at radius 1 is 1.35 bits per heavy atom. The molecule has 0 amide bonds. The first-order chi connectivity index (χ1) is 9.34. The van der Waals surface area contributed by atoms with E-state index in [9.17, 15) is 0 Å². The zero-order chi connectivity index (χ0) is 15.2. The van der Waals surface area contributed by atoms with Crippen molar-refractivity contribution in [3.05, 3.63) is 23.3 Å². The van der Waals surface area contributed by atoms with Crippen LogP contribution in [0.3, 0.4) is 0 Å². The van der Waals surface area contributed by atoms with E-state index >= 15 is 0 Å². The molecule has 1 aliphatic carbocycles. The molecule has 3 atom stereocenters. The minimum Gasteiger partial charge on any atom is -0.325 e. The molecule has 3 unspecified atom stereocenters. The first kappa shape index (κ1) is 17.5. The van der Waals surface area contributed by atoms with Crippen molar-refractivity contribution >= 4 is 0 Å². The van der Waals surface area contributed by atoms with Gasteiger partial charge < -0.3 is 5.73 Å². The molecule has 0 aromatic carbocycles. The van der Waals surface area contributed by atoms with Crippen molar-refractivity contribution in [3.8, 4) is 0 Å². The molecule has 20 heavy (non-hydrogen) atoms. The molecular weight excluding hydrogens is 242 g/mol. The molecule has 0 spiro atoms. The molecule has 0 heterocycles. The molecule has 1 nitrogen and oxygen atoms in total. The fourth-order valence-electron chi connectivity index (χ4n) is 2.85. The van der Waals surface area contributed by atoms with Crippen LogP contribution in [0.5, 0.6) is 0 Å². The predicted molar refractivity (Wildman–Crippen MR) is 90.8 cm³/mol. The smallest absolute Gasteiger partial charge is 0.0128 e. The highest BCUT2D eigenvalue weighted by atomic mass is 14.7. The summed E-state index contributed by atoms with van der Waals surface area (Å²) >= 11 is 0. The lowest BCUT2D eigenvalue weighted by molar-refractivity contribution is 0.361. The van der Waals surface area contributed by atoms with Gasteiger partial charge in [-0.05, 0) is 51.4 Å². The van der Waals surface area contributed by atoms with Crippen LogP contribution in [0.4, 0.5) is 0 Å². The molecule has 1 rings (SSSR count). The topological polar surface area (TPSA) is 26.0 Å². The van der Waals surface area contributed by atoms with Crippen LogP contribution < -0.4 is 5.73 Å². The van der Waals surface area contributed by atoms with Crippen molar-refractivity contribution in [2.45, 2.75) is 85.1 Å². The summed E-state index contributed by atoms with van der Waals surface area (Å²) < 4.78 is 0. The molecule has 0 fully saturated rings. The number of nitrogens with two attached hydrogens (primary N) is 1. The number of hydrogen-bond donors (Lipinski definition) is 1. The number of hydrogen-bond acceptors (Lipinski definition) is 1. The van der Waals surface area contributed by atoms with Crippen molar-refractivity contribution in [1.29, 1.82) is 0 Å². The van der Waals surface area contributed by atoms with E-state index in [1.54, 1.807) is 5.57 Å². The Kier molecular flexibility index (Phi) is 7.02. The molecule has 1 heteroatoms. The van der Waals surface area contributed by atoms with E-state index in [-0.39, 0.29) is 5.54 Å². The van der Waals surface area contributed by atoms with Gasteiger partial charge in [-0.1, -0.05) is 63.3 Å². The van der Waals surface area contributed by atoms with Crippen molar-refractivity contribution in [3.63, 3.8) is 0 Å². The molecule has 116 valence electrons. The summed E-state index contributed by atoms with van der Waals surface area (Å²) in [6, 6.07) is 0. The lowest BCUT2D eigenvalue weighted by atomic mass is 9.83. The SMILES string of the molecule is CCC(C)CCCC(C)(N)CCC1=CC=C(C)C(C)C1. The second-order valence-electron chi connectivity index (χ2n) is 7.40. The molecule has 1 aliphatic rings. The maximum absolute atomic E-state index is 6.48. The van der Waals surface area contributed by atoms with Crippen LogP contribution >= 0.6 is 0 Å². The zero-order valence-electron chi connectivity index (χ0n) is 14.3. The maximum atomic E-state index is 6.48. The Labute approximate surface area is 126 Å². The highest BCUT2D eigenvalue weighted by Gasteiger charge is 2.20. The summed E-state index contributed by atoms with van der Waals surface area (Å²) in [4.78, 5) is 0. The summed E-state index contributed by atoms with van der Waals surface area (Å²) in [5.41, 5.74) is 9.59. The van der Waals surface area contributed by atoms with E-state index < -0.39 is 0 Å². The van der Waals surface area contributed by atoms with Gasteiger partial charge in [0.15, 0.2) is 0 Å². The van der Waals surface area contributed by atoms with Gasteiger partial charge in [0.05, 0.1) is 0 Å². The van der Waals surface area contributed by atoms with Crippen LogP contribution in [0.1, 0.15) is 79.6 Å². The van der Waals surface area contributed by atoms with Gasteiger partial charge in [0, 0.05) is 5.54 Å². The van der Waals surface area contributed by atoms with Crippen LogP contribution in [-0.2, 0) is 0 Å². The van der Waals surface area contributed by atoms with E-state index in [0.717, 1.165) is 18.8 Å². The molecule has 0 aromatic rings. The highest BCUT2D eigenvalue weighted by Crippen LogP contribution is 2.29. The molecular formula is C19H35N. The molecule has 0 aromatic heterocycles. The van der Waals surface area contributed by atoms with Crippen LogP contribution in [0, 0.1) is 11.8 Å². The number of rotatable bonds is 8. The summed E-state index contributed by atoms with van der Waals surface area (Å²) in [5, 5.41) is 0. The summed E-state index contributed by atoms with van der Waals surface area (Å²) in [6.45, 7) is 11.4. The lowest BCUT2D eigenvalue weighted by Crippen LogP contribution is -2.36. The van der Waals surface area contributed by atoms with Crippen LogP contribution in [0.15, 0.2) is 23.3 Å². The first-order valence-electron chi connectivity index (χ1n) is 8.49. The minimum atomic E-state index is 0.00768. The van der Waals surface area contributed by atoms with Crippen molar-refractivity contribution in [2.75, 3.05) is 0 Å². The summed E-state index contributed by atoms with van der Waals surface area (Å²) in [6.07, 6.45) is 13.2. The van der Waals surface area contributed by atoms with Crippen LogP contribution in [0.2, 0.25) is 0 Å². The second-order valence-corrected chi connectivity index (χ2v) is 7.40. The van der Waals surface area contributed by atoms with Crippen molar-refractivity contribution < 1.29 is 0 Å². The fourth-order valence-corrected chi connectivity index (χ4v) is 2.85. The largest absolute Gasteiger partial charge is 0.325 e. The van der Waals surface area contributed by atoms with Gasteiger partial charge in [0.1, 0.15) is 0 Å². The monoisotopic (exact) mass is 277 g/mol. The molecule has 0 saturated heterocycles. The first-order valence-corrected chi connectivity index (χ1v) is 8.49. The highest BCUT2D eigenvalue weighted by molar-refractivity contribution is 5.25. The van der Waals surface area contributed by atoms with E-state index in [0.29, 0.717) is 5.92 Å². The average molecular weight is 277 g/mol. The second kappa shape index (κ2) is 8.02. The fraction of sp³-hybridized carbons (Fsp3) is 0.789. The van der Waals surface area contributed by atoms with Crippen molar-refractivity contribution in [1.82, 2.24) is 0 Å². The quantitative estimate of drug-likeness (QED) is 0.613. The Bertz CT molecular complexity index is 349. The van der Waals surface area contributed by atoms with E-state index in [4.69, 9.17) is 5.73 Å². The van der Waals surface area contributed by atoms with Gasteiger partial charge in [-0.2, -0.15) is 0 Å². The Balaban J connectivity index is 2.32. The van der Waals surface area contributed by atoms with Crippen molar-refractivity contribution in [2.24, 2.45) is 17.6 Å².